The summed E-state index contributed by atoms with van der Waals surface area (Å²) in [6.45, 7) is 4.12. The molecule has 1 aliphatic rings. The van der Waals surface area contributed by atoms with Crippen LogP contribution in [0.3, 0.4) is 0 Å². The van der Waals surface area contributed by atoms with Gasteiger partial charge in [-0.25, -0.2) is 9.97 Å². The predicted octanol–water partition coefficient (Wildman–Crippen LogP) is 4.49. The number of pyridine rings is 1. The van der Waals surface area contributed by atoms with E-state index in [0.29, 0.717) is 27.4 Å². The van der Waals surface area contributed by atoms with Gasteiger partial charge in [-0.05, 0) is 42.1 Å². The van der Waals surface area contributed by atoms with Gasteiger partial charge in [0.2, 0.25) is 5.13 Å². The molecule has 3 heterocycles. The molecule has 1 aromatic carbocycles. The highest BCUT2D eigenvalue weighted by Gasteiger charge is 2.32. The van der Waals surface area contributed by atoms with E-state index in [1.165, 1.54) is 23.1 Å². The number of thioether (sulfide) groups is 1. The number of methoxy groups -OCH3 is 1. The molecule has 3 aromatic rings. The molecule has 1 saturated heterocycles. The lowest BCUT2D eigenvalue weighted by molar-refractivity contribution is -0.121. The van der Waals surface area contributed by atoms with Crippen molar-refractivity contribution in [3.63, 3.8) is 0 Å². The van der Waals surface area contributed by atoms with Crippen LogP contribution in [0.5, 0.6) is 5.75 Å². The second kappa shape index (κ2) is 7.95. The van der Waals surface area contributed by atoms with Crippen LogP contribution in [-0.4, -0.2) is 39.6 Å². The molecule has 0 bridgehead atoms. The van der Waals surface area contributed by atoms with E-state index in [2.05, 4.69) is 21.5 Å². The molecule has 0 unspecified atom stereocenters. The summed E-state index contributed by atoms with van der Waals surface area (Å²) in [4.78, 5) is 28.3. The normalized spacial score (nSPS) is 17.0. The molecule has 28 heavy (non-hydrogen) atoms. The summed E-state index contributed by atoms with van der Waals surface area (Å²) in [5.41, 5.74) is 1.55. The third-order valence-electron chi connectivity index (χ3n) is 4.01. The molecule has 1 aliphatic heterocycles. The van der Waals surface area contributed by atoms with Gasteiger partial charge in [0.25, 0.3) is 5.91 Å². The summed E-state index contributed by atoms with van der Waals surface area (Å²) in [6.07, 6.45) is 5.16. The van der Waals surface area contributed by atoms with Gasteiger partial charge in [0.05, 0.1) is 23.2 Å². The van der Waals surface area contributed by atoms with Gasteiger partial charge in [-0.15, -0.1) is 17.9 Å². The number of fused-ring (bicyclic) bond motifs is 1. The number of carbonyl (C=O) groups excluding carboxylic acids is 1. The number of thiazole rings is 1. The fourth-order valence-electron chi connectivity index (χ4n) is 2.70. The van der Waals surface area contributed by atoms with Crippen molar-refractivity contribution in [1.82, 2.24) is 14.9 Å². The Kier molecular flexibility index (Phi) is 5.23. The van der Waals surface area contributed by atoms with E-state index in [1.54, 1.807) is 30.4 Å². The van der Waals surface area contributed by atoms with Gasteiger partial charge >= 0.3 is 0 Å². The fraction of sp³-hybridized carbons (Fsp3) is 0.100. The number of amidine groups is 1. The molecule has 0 spiro atoms. The number of nitrogens with zero attached hydrogens (tertiary/aromatic N) is 4. The Morgan fingerprint density at radius 3 is 2.96 bits per heavy atom. The van der Waals surface area contributed by atoms with Crippen LogP contribution in [0.4, 0.5) is 5.13 Å². The van der Waals surface area contributed by atoms with Crippen LogP contribution >= 0.6 is 23.1 Å². The number of ether oxygens (including phenoxy) is 1. The minimum absolute atomic E-state index is 0.114. The Labute approximate surface area is 170 Å². The number of carbonyl (C=O) groups is 1. The molecule has 0 atom stereocenters. The van der Waals surface area contributed by atoms with Crippen LogP contribution in [0.1, 0.15) is 5.69 Å². The molecular formula is C20H16N4O2S2. The molecule has 6 nitrogen and oxygen atoms in total. The highest BCUT2D eigenvalue weighted by molar-refractivity contribution is 8.18. The van der Waals surface area contributed by atoms with Crippen molar-refractivity contribution in [1.29, 1.82) is 0 Å². The smallest absolute Gasteiger partial charge is 0.267 e. The van der Waals surface area contributed by atoms with Crippen molar-refractivity contribution in [3.05, 3.63) is 65.2 Å². The number of hydrogen-bond acceptors (Lipinski definition) is 7. The summed E-state index contributed by atoms with van der Waals surface area (Å²) in [5, 5.41) is 4.04. The average molecular weight is 409 g/mol. The molecule has 140 valence electrons. The molecule has 1 fully saturated rings. The van der Waals surface area contributed by atoms with E-state index in [0.717, 1.165) is 16.7 Å². The first-order chi connectivity index (χ1) is 13.7. The second-order valence-electron chi connectivity index (χ2n) is 5.82. The maximum absolute atomic E-state index is 12.8. The third kappa shape index (κ3) is 3.69. The standard InChI is InChI=1S/C20H16N4O2S2/c1-3-9-24-18(25)17(28-20(24)23-19-21-8-10-27-19)12-14-5-4-13-11-15(26-2)6-7-16(13)22-14/h3-8,10-12H,1,9H2,2H3/b17-12-,23-20?. The number of amides is 1. The molecule has 0 saturated carbocycles. The lowest BCUT2D eigenvalue weighted by Crippen LogP contribution is -2.29. The number of benzene rings is 1. The molecule has 1 amide bonds. The first-order valence-electron chi connectivity index (χ1n) is 8.43. The summed E-state index contributed by atoms with van der Waals surface area (Å²) in [5.74, 6) is 0.668. The maximum atomic E-state index is 12.8. The van der Waals surface area contributed by atoms with Crippen LogP contribution in [0.2, 0.25) is 0 Å². The lowest BCUT2D eigenvalue weighted by Gasteiger charge is -2.11. The first-order valence-corrected chi connectivity index (χ1v) is 10.1. The van der Waals surface area contributed by atoms with Crippen molar-refractivity contribution in [2.24, 2.45) is 4.99 Å². The van der Waals surface area contributed by atoms with E-state index < -0.39 is 0 Å². The third-order valence-corrected chi connectivity index (χ3v) is 5.68. The Morgan fingerprint density at radius 2 is 2.21 bits per heavy atom. The van der Waals surface area contributed by atoms with Gasteiger partial charge in [0.1, 0.15) is 5.75 Å². The minimum atomic E-state index is -0.114. The van der Waals surface area contributed by atoms with Crippen LogP contribution in [-0.2, 0) is 4.79 Å². The molecule has 0 radical (unpaired) electrons. The SMILES string of the molecule is C=CCN1C(=O)/C(=C/c2ccc3cc(OC)ccc3n2)SC1=Nc1nccs1. The molecule has 4 rings (SSSR count). The number of rotatable bonds is 5. The lowest BCUT2D eigenvalue weighted by atomic mass is 10.2. The fourth-order valence-corrected chi connectivity index (χ4v) is 4.23. The van der Waals surface area contributed by atoms with Crippen molar-refractivity contribution < 1.29 is 9.53 Å². The van der Waals surface area contributed by atoms with Gasteiger partial charge in [-0.2, -0.15) is 4.99 Å². The maximum Gasteiger partial charge on any atom is 0.267 e. The summed E-state index contributed by atoms with van der Waals surface area (Å²) >= 11 is 2.74. The zero-order chi connectivity index (χ0) is 19.5. The van der Waals surface area contributed by atoms with Crippen molar-refractivity contribution in [2.75, 3.05) is 13.7 Å². The topological polar surface area (TPSA) is 67.7 Å². The highest BCUT2D eigenvalue weighted by Crippen LogP contribution is 2.34. The van der Waals surface area contributed by atoms with Crippen LogP contribution in [0.15, 0.2) is 64.5 Å². The van der Waals surface area contributed by atoms with Crippen LogP contribution in [0.25, 0.3) is 17.0 Å². The molecule has 8 heteroatoms. The number of hydrogen-bond donors (Lipinski definition) is 0. The zero-order valence-corrected chi connectivity index (χ0v) is 16.7. The van der Waals surface area contributed by atoms with Crippen LogP contribution < -0.4 is 4.74 Å². The van der Waals surface area contributed by atoms with E-state index >= 15 is 0 Å². The predicted molar refractivity (Wildman–Crippen MR) is 115 cm³/mol. The van der Waals surface area contributed by atoms with Gasteiger partial charge in [-0.3, -0.25) is 9.69 Å². The van der Waals surface area contributed by atoms with E-state index in [1.807, 2.05) is 35.7 Å². The molecule has 0 N–H and O–H groups in total. The second-order valence-corrected chi connectivity index (χ2v) is 7.70. The number of aliphatic imine (C=N–C) groups is 1. The van der Waals surface area contributed by atoms with Gasteiger partial charge in [0.15, 0.2) is 5.17 Å². The molecular weight excluding hydrogens is 392 g/mol. The van der Waals surface area contributed by atoms with Gasteiger partial charge in [0, 0.05) is 23.5 Å². The monoisotopic (exact) mass is 408 g/mol. The Morgan fingerprint density at radius 1 is 1.32 bits per heavy atom. The largest absolute Gasteiger partial charge is 0.497 e. The van der Waals surface area contributed by atoms with Crippen LogP contribution in [0, 0.1) is 0 Å². The average Bonchev–Trinajstić information content (AvgIpc) is 3.32. The Hall–Kier alpha value is -2.97. The van der Waals surface area contributed by atoms with Crippen molar-refractivity contribution >= 4 is 56.3 Å². The summed E-state index contributed by atoms with van der Waals surface area (Å²) in [7, 11) is 1.64. The highest BCUT2D eigenvalue weighted by atomic mass is 32.2. The van der Waals surface area contributed by atoms with Gasteiger partial charge in [-0.1, -0.05) is 12.1 Å². The number of aromatic nitrogens is 2. The Balaban J connectivity index is 1.67. The van der Waals surface area contributed by atoms with Crippen molar-refractivity contribution in [3.8, 4) is 5.75 Å². The minimum Gasteiger partial charge on any atom is -0.497 e. The first kappa shape index (κ1) is 18.4. The van der Waals surface area contributed by atoms with Crippen molar-refractivity contribution in [2.45, 2.75) is 0 Å². The van der Waals surface area contributed by atoms with E-state index in [4.69, 9.17) is 4.74 Å². The Bertz CT molecular complexity index is 1110. The summed E-state index contributed by atoms with van der Waals surface area (Å²) in [6, 6.07) is 9.55. The summed E-state index contributed by atoms with van der Waals surface area (Å²) < 4.78 is 5.25. The molecule has 0 aliphatic carbocycles. The van der Waals surface area contributed by atoms with E-state index in [-0.39, 0.29) is 5.91 Å². The zero-order valence-electron chi connectivity index (χ0n) is 15.0. The van der Waals surface area contributed by atoms with Gasteiger partial charge < -0.3 is 4.74 Å². The molecule has 2 aromatic heterocycles. The van der Waals surface area contributed by atoms with E-state index in [9.17, 15) is 4.79 Å². The quantitative estimate of drug-likeness (QED) is 0.460.